The van der Waals surface area contributed by atoms with E-state index in [2.05, 4.69) is 38.2 Å². The zero-order valence-corrected chi connectivity index (χ0v) is 15.6. The maximum absolute atomic E-state index is 12.1. The Morgan fingerprint density at radius 3 is 2.65 bits per heavy atom. The predicted molar refractivity (Wildman–Crippen MR) is 98.4 cm³/mol. The van der Waals surface area contributed by atoms with Crippen LogP contribution in [0.4, 0.5) is 0 Å². The zero-order valence-electron chi connectivity index (χ0n) is 14.8. The SMILES string of the molecule is C[C@H](Oc1ccc2c(c1)CCCC2)C(=O)NCCSC(C)(C)C. The first-order valence-corrected chi connectivity index (χ1v) is 9.54. The number of hydrogen-bond acceptors (Lipinski definition) is 3. The van der Waals surface area contributed by atoms with Gasteiger partial charge in [-0.15, -0.1) is 0 Å². The Labute approximate surface area is 144 Å². The number of benzene rings is 1. The standard InChI is InChI=1S/C19H29NO2S/c1-14(18(21)20-11-12-23-19(2,3)4)22-17-10-9-15-7-5-6-8-16(15)13-17/h9-10,13-14H,5-8,11-12H2,1-4H3,(H,20,21)/t14-/m0/s1. The molecule has 0 unspecified atom stereocenters. The fourth-order valence-corrected chi connectivity index (χ4v) is 3.53. The van der Waals surface area contributed by atoms with Crippen molar-refractivity contribution >= 4 is 17.7 Å². The van der Waals surface area contributed by atoms with Gasteiger partial charge in [0.25, 0.3) is 5.91 Å². The second-order valence-electron chi connectivity index (χ2n) is 7.15. The van der Waals surface area contributed by atoms with Crippen molar-refractivity contribution in [3.8, 4) is 5.75 Å². The van der Waals surface area contributed by atoms with Gasteiger partial charge in [0.15, 0.2) is 6.10 Å². The summed E-state index contributed by atoms with van der Waals surface area (Å²) in [6, 6.07) is 6.24. The molecule has 128 valence electrons. The van der Waals surface area contributed by atoms with Crippen molar-refractivity contribution in [1.29, 1.82) is 0 Å². The molecule has 2 rings (SSSR count). The first-order chi connectivity index (χ1) is 10.8. The third kappa shape index (κ3) is 6.09. The molecule has 0 spiro atoms. The highest BCUT2D eigenvalue weighted by molar-refractivity contribution is 8.00. The number of ether oxygens (including phenoxy) is 1. The summed E-state index contributed by atoms with van der Waals surface area (Å²) in [5.41, 5.74) is 2.81. The second-order valence-corrected chi connectivity index (χ2v) is 9.07. The van der Waals surface area contributed by atoms with Crippen molar-refractivity contribution in [2.75, 3.05) is 12.3 Å². The van der Waals surface area contributed by atoms with Crippen LogP contribution in [0.3, 0.4) is 0 Å². The molecule has 1 aliphatic rings. The molecule has 0 aliphatic heterocycles. The topological polar surface area (TPSA) is 38.3 Å². The summed E-state index contributed by atoms with van der Waals surface area (Å²) >= 11 is 1.85. The van der Waals surface area contributed by atoms with Crippen molar-refractivity contribution in [2.24, 2.45) is 0 Å². The van der Waals surface area contributed by atoms with Gasteiger partial charge in [-0.3, -0.25) is 4.79 Å². The Bertz CT molecular complexity index is 537. The first-order valence-electron chi connectivity index (χ1n) is 8.55. The molecule has 0 radical (unpaired) electrons. The quantitative estimate of drug-likeness (QED) is 0.799. The van der Waals surface area contributed by atoms with Gasteiger partial charge in [-0.2, -0.15) is 11.8 Å². The number of aryl methyl sites for hydroxylation is 2. The normalized spacial score (nSPS) is 15.7. The largest absolute Gasteiger partial charge is 0.481 e. The molecule has 0 saturated heterocycles. The minimum Gasteiger partial charge on any atom is -0.481 e. The van der Waals surface area contributed by atoms with Gasteiger partial charge in [0.1, 0.15) is 5.75 Å². The number of rotatable bonds is 6. The predicted octanol–water partition coefficient (Wildman–Crippen LogP) is 3.98. The molecule has 0 aromatic heterocycles. The van der Waals surface area contributed by atoms with Crippen LogP contribution in [0.1, 0.15) is 51.7 Å². The van der Waals surface area contributed by atoms with Crippen LogP contribution in [-0.4, -0.2) is 29.1 Å². The van der Waals surface area contributed by atoms with Gasteiger partial charge in [0, 0.05) is 17.0 Å². The number of thioether (sulfide) groups is 1. The third-order valence-electron chi connectivity index (χ3n) is 3.94. The molecule has 3 nitrogen and oxygen atoms in total. The van der Waals surface area contributed by atoms with E-state index >= 15 is 0 Å². The van der Waals surface area contributed by atoms with Crippen LogP contribution in [0.5, 0.6) is 5.75 Å². The van der Waals surface area contributed by atoms with Gasteiger partial charge in [-0.05, 0) is 55.9 Å². The smallest absolute Gasteiger partial charge is 0.260 e. The molecule has 1 aromatic carbocycles. The first kappa shape index (κ1) is 18.2. The number of carbonyl (C=O) groups is 1. The molecule has 1 N–H and O–H groups in total. The lowest BCUT2D eigenvalue weighted by atomic mass is 9.92. The number of amides is 1. The minimum atomic E-state index is -0.462. The Kier molecular flexibility index (Phi) is 6.40. The van der Waals surface area contributed by atoms with Gasteiger partial charge >= 0.3 is 0 Å². The average molecular weight is 336 g/mol. The second kappa shape index (κ2) is 8.09. The monoisotopic (exact) mass is 335 g/mol. The van der Waals surface area contributed by atoms with E-state index in [0.29, 0.717) is 6.54 Å². The maximum Gasteiger partial charge on any atom is 0.260 e. The van der Waals surface area contributed by atoms with Crippen molar-refractivity contribution in [3.63, 3.8) is 0 Å². The molecule has 0 heterocycles. The van der Waals surface area contributed by atoms with Crippen LogP contribution in [0.25, 0.3) is 0 Å². The lowest BCUT2D eigenvalue weighted by Gasteiger charge is -2.20. The summed E-state index contributed by atoms with van der Waals surface area (Å²) in [4.78, 5) is 12.1. The van der Waals surface area contributed by atoms with Crippen LogP contribution in [0.2, 0.25) is 0 Å². The minimum absolute atomic E-state index is 0.0442. The van der Waals surface area contributed by atoms with E-state index in [-0.39, 0.29) is 10.7 Å². The Hall–Kier alpha value is -1.16. The highest BCUT2D eigenvalue weighted by atomic mass is 32.2. The Balaban J connectivity index is 1.79. The van der Waals surface area contributed by atoms with Crippen LogP contribution < -0.4 is 10.1 Å². The fourth-order valence-electron chi connectivity index (χ4n) is 2.72. The molecule has 4 heteroatoms. The molecule has 1 atom stereocenters. The van der Waals surface area contributed by atoms with Crippen molar-refractivity contribution in [3.05, 3.63) is 29.3 Å². The van der Waals surface area contributed by atoms with Gasteiger partial charge < -0.3 is 10.1 Å². The molecule has 0 bridgehead atoms. The molecule has 1 amide bonds. The van der Waals surface area contributed by atoms with Crippen molar-refractivity contribution in [1.82, 2.24) is 5.32 Å². The summed E-state index contributed by atoms with van der Waals surface area (Å²) in [7, 11) is 0. The number of hydrogen-bond donors (Lipinski definition) is 1. The van der Waals surface area contributed by atoms with Crippen LogP contribution in [0, 0.1) is 0 Å². The summed E-state index contributed by atoms with van der Waals surface area (Å²) in [6.45, 7) is 9.04. The fraction of sp³-hybridized carbons (Fsp3) is 0.632. The van der Waals surface area contributed by atoms with Crippen molar-refractivity contribution < 1.29 is 9.53 Å². The van der Waals surface area contributed by atoms with Crippen LogP contribution in [-0.2, 0) is 17.6 Å². The molecule has 1 aliphatic carbocycles. The molecular formula is C19H29NO2S. The Morgan fingerprint density at radius 1 is 1.26 bits per heavy atom. The number of fused-ring (bicyclic) bond motifs is 1. The molecule has 23 heavy (non-hydrogen) atoms. The third-order valence-corrected chi connectivity index (χ3v) is 5.21. The van der Waals surface area contributed by atoms with Crippen LogP contribution >= 0.6 is 11.8 Å². The van der Waals surface area contributed by atoms with E-state index in [1.54, 1.807) is 0 Å². The van der Waals surface area contributed by atoms with E-state index in [1.807, 2.05) is 24.8 Å². The molecule has 0 saturated carbocycles. The molecular weight excluding hydrogens is 306 g/mol. The highest BCUT2D eigenvalue weighted by Gasteiger charge is 2.16. The van der Waals surface area contributed by atoms with E-state index < -0.39 is 6.10 Å². The average Bonchev–Trinajstić information content (AvgIpc) is 2.50. The molecule has 1 aromatic rings. The van der Waals surface area contributed by atoms with E-state index in [1.165, 1.54) is 24.0 Å². The zero-order chi connectivity index (χ0) is 16.9. The number of carbonyl (C=O) groups excluding carboxylic acids is 1. The van der Waals surface area contributed by atoms with Crippen molar-refractivity contribution in [2.45, 2.75) is 64.2 Å². The van der Waals surface area contributed by atoms with E-state index in [0.717, 1.165) is 24.3 Å². The van der Waals surface area contributed by atoms with E-state index in [9.17, 15) is 4.79 Å². The van der Waals surface area contributed by atoms with Gasteiger partial charge in [0.05, 0.1) is 0 Å². The molecule has 0 fully saturated rings. The van der Waals surface area contributed by atoms with Gasteiger partial charge in [0.2, 0.25) is 0 Å². The summed E-state index contributed by atoms with van der Waals surface area (Å²) in [5, 5.41) is 2.95. The Morgan fingerprint density at radius 2 is 1.96 bits per heavy atom. The summed E-state index contributed by atoms with van der Waals surface area (Å²) < 4.78 is 6.05. The summed E-state index contributed by atoms with van der Waals surface area (Å²) in [6.07, 6.45) is 4.35. The number of nitrogens with one attached hydrogen (secondary N) is 1. The lowest BCUT2D eigenvalue weighted by molar-refractivity contribution is -0.127. The van der Waals surface area contributed by atoms with Gasteiger partial charge in [-0.1, -0.05) is 26.8 Å². The highest BCUT2D eigenvalue weighted by Crippen LogP contribution is 2.26. The summed E-state index contributed by atoms with van der Waals surface area (Å²) in [5.74, 6) is 1.68. The maximum atomic E-state index is 12.1. The van der Waals surface area contributed by atoms with Gasteiger partial charge in [-0.25, -0.2) is 0 Å². The lowest BCUT2D eigenvalue weighted by Crippen LogP contribution is -2.37. The van der Waals surface area contributed by atoms with E-state index in [4.69, 9.17) is 4.74 Å². The van der Waals surface area contributed by atoms with Crippen LogP contribution in [0.15, 0.2) is 18.2 Å².